The molecule has 96 valence electrons. The summed E-state index contributed by atoms with van der Waals surface area (Å²) < 4.78 is 5.03. The number of benzene rings is 2. The van der Waals surface area contributed by atoms with Crippen molar-refractivity contribution in [3.8, 4) is 0 Å². The van der Waals surface area contributed by atoms with Gasteiger partial charge in [-0.25, -0.2) is 0 Å². The van der Waals surface area contributed by atoms with Crippen LogP contribution in [0.15, 0.2) is 42.5 Å². The Kier molecular flexibility index (Phi) is 5.05. The van der Waals surface area contributed by atoms with Gasteiger partial charge in [0.25, 0.3) is 0 Å². The van der Waals surface area contributed by atoms with Gasteiger partial charge in [0.15, 0.2) is 0 Å². The summed E-state index contributed by atoms with van der Waals surface area (Å²) in [6, 6.07) is 14.9. The molecule has 0 fully saturated rings. The molecule has 2 rings (SSSR count). The summed E-state index contributed by atoms with van der Waals surface area (Å²) in [5.41, 5.74) is 7.41. The maximum Gasteiger partial charge on any atom is 0.0552 e. The Balaban J connectivity index is 2.01. The van der Waals surface area contributed by atoms with Crippen LogP contribution in [0.3, 0.4) is 0 Å². The van der Waals surface area contributed by atoms with Gasteiger partial charge in [-0.15, -0.1) is 0 Å². The number of rotatable bonds is 6. The van der Waals surface area contributed by atoms with Gasteiger partial charge in [0.2, 0.25) is 0 Å². The Bertz CT molecular complexity index is 501. The number of ether oxygens (including phenoxy) is 1. The van der Waals surface area contributed by atoms with Gasteiger partial charge >= 0.3 is 0 Å². The normalized spacial score (nSPS) is 12.8. The summed E-state index contributed by atoms with van der Waals surface area (Å²) in [4.78, 5) is 0. The number of thioether (sulfide) groups is 1. The highest BCUT2D eigenvalue weighted by Crippen LogP contribution is 2.21. The minimum Gasteiger partial charge on any atom is -0.384 e. The standard InChI is InChI=1S/C15H19NOS/c1-17-8-9-18-11-15(16)14-7-6-12-4-2-3-5-13(12)10-14/h2-7,10,15H,8-9,11,16H2,1H3. The highest BCUT2D eigenvalue weighted by molar-refractivity contribution is 7.99. The second-order valence-electron chi connectivity index (χ2n) is 4.28. The maximum absolute atomic E-state index is 6.21. The van der Waals surface area contributed by atoms with Crippen molar-refractivity contribution in [3.63, 3.8) is 0 Å². The van der Waals surface area contributed by atoms with Crippen molar-refractivity contribution in [2.45, 2.75) is 6.04 Å². The van der Waals surface area contributed by atoms with E-state index in [2.05, 4.69) is 42.5 Å². The molecule has 2 aromatic carbocycles. The number of hydrogen-bond donors (Lipinski definition) is 1. The molecule has 0 heterocycles. The minimum atomic E-state index is 0.0939. The fourth-order valence-electron chi connectivity index (χ4n) is 1.89. The molecule has 18 heavy (non-hydrogen) atoms. The van der Waals surface area contributed by atoms with Crippen LogP contribution in [0.4, 0.5) is 0 Å². The van der Waals surface area contributed by atoms with Crippen molar-refractivity contribution in [3.05, 3.63) is 48.0 Å². The molecular weight excluding hydrogens is 242 g/mol. The van der Waals surface area contributed by atoms with Gasteiger partial charge in [-0.1, -0.05) is 36.4 Å². The fourth-order valence-corrected chi connectivity index (χ4v) is 2.78. The molecule has 1 atom stereocenters. The van der Waals surface area contributed by atoms with Gasteiger partial charge in [0, 0.05) is 24.7 Å². The van der Waals surface area contributed by atoms with E-state index in [4.69, 9.17) is 10.5 Å². The zero-order valence-corrected chi connectivity index (χ0v) is 11.5. The third kappa shape index (κ3) is 3.48. The summed E-state index contributed by atoms with van der Waals surface area (Å²) in [5, 5.41) is 2.52. The summed E-state index contributed by atoms with van der Waals surface area (Å²) in [6.07, 6.45) is 0. The Morgan fingerprint density at radius 3 is 2.72 bits per heavy atom. The lowest BCUT2D eigenvalue weighted by Gasteiger charge is -2.12. The number of hydrogen-bond acceptors (Lipinski definition) is 3. The molecule has 0 aromatic heterocycles. The van der Waals surface area contributed by atoms with Crippen molar-refractivity contribution in [2.75, 3.05) is 25.2 Å². The lowest BCUT2D eigenvalue weighted by Crippen LogP contribution is -2.13. The van der Waals surface area contributed by atoms with Crippen LogP contribution in [-0.4, -0.2) is 25.2 Å². The van der Waals surface area contributed by atoms with E-state index in [9.17, 15) is 0 Å². The molecule has 0 spiro atoms. The topological polar surface area (TPSA) is 35.2 Å². The van der Waals surface area contributed by atoms with E-state index in [-0.39, 0.29) is 6.04 Å². The first kappa shape index (κ1) is 13.4. The number of fused-ring (bicyclic) bond motifs is 1. The van der Waals surface area contributed by atoms with Crippen LogP contribution >= 0.6 is 11.8 Å². The van der Waals surface area contributed by atoms with E-state index in [1.807, 2.05) is 11.8 Å². The zero-order chi connectivity index (χ0) is 12.8. The molecular formula is C15H19NOS. The van der Waals surface area contributed by atoms with Gasteiger partial charge in [0.1, 0.15) is 0 Å². The third-order valence-electron chi connectivity index (χ3n) is 2.93. The Labute approximate surface area is 113 Å². The van der Waals surface area contributed by atoms with E-state index >= 15 is 0 Å². The zero-order valence-electron chi connectivity index (χ0n) is 10.6. The quantitative estimate of drug-likeness (QED) is 0.811. The van der Waals surface area contributed by atoms with Gasteiger partial charge in [-0.3, -0.25) is 0 Å². The minimum absolute atomic E-state index is 0.0939. The molecule has 1 unspecified atom stereocenters. The monoisotopic (exact) mass is 261 g/mol. The van der Waals surface area contributed by atoms with E-state index in [1.165, 1.54) is 16.3 Å². The van der Waals surface area contributed by atoms with E-state index in [0.717, 1.165) is 18.1 Å². The van der Waals surface area contributed by atoms with Gasteiger partial charge < -0.3 is 10.5 Å². The van der Waals surface area contributed by atoms with Crippen LogP contribution in [0.25, 0.3) is 10.8 Å². The van der Waals surface area contributed by atoms with E-state index in [1.54, 1.807) is 7.11 Å². The second kappa shape index (κ2) is 6.78. The molecule has 3 heteroatoms. The molecule has 0 radical (unpaired) electrons. The largest absolute Gasteiger partial charge is 0.384 e. The van der Waals surface area contributed by atoms with Gasteiger partial charge in [0.05, 0.1) is 6.61 Å². The summed E-state index contributed by atoms with van der Waals surface area (Å²) in [7, 11) is 1.73. The van der Waals surface area contributed by atoms with Crippen molar-refractivity contribution in [2.24, 2.45) is 5.73 Å². The highest BCUT2D eigenvalue weighted by atomic mass is 32.2. The molecule has 0 saturated carbocycles. The first-order chi connectivity index (χ1) is 8.81. The summed E-state index contributed by atoms with van der Waals surface area (Å²) in [6.45, 7) is 0.787. The fraction of sp³-hybridized carbons (Fsp3) is 0.333. The molecule has 2 nitrogen and oxygen atoms in total. The average Bonchev–Trinajstić information content (AvgIpc) is 2.43. The van der Waals surface area contributed by atoms with Crippen LogP contribution in [0, 0.1) is 0 Å². The molecule has 2 aromatic rings. The van der Waals surface area contributed by atoms with Gasteiger partial charge in [-0.2, -0.15) is 11.8 Å². The first-order valence-electron chi connectivity index (χ1n) is 6.12. The van der Waals surface area contributed by atoms with E-state index in [0.29, 0.717) is 0 Å². The summed E-state index contributed by atoms with van der Waals surface area (Å²) in [5.74, 6) is 1.93. The molecule has 0 amide bonds. The summed E-state index contributed by atoms with van der Waals surface area (Å²) >= 11 is 1.84. The SMILES string of the molecule is COCCSCC(N)c1ccc2ccccc2c1. The lowest BCUT2D eigenvalue weighted by atomic mass is 10.0. The van der Waals surface area contributed by atoms with Gasteiger partial charge in [-0.05, 0) is 22.4 Å². The Hall–Kier alpha value is -1.03. The van der Waals surface area contributed by atoms with Crippen LogP contribution in [0.5, 0.6) is 0 Å². The van der Waals surface area contributed by atoms with Crippen molar-refractivity contribution in [1.29, 1.82) is 0 Å². The molecule has 0 aliphatic rings. The van der Waals surface area contributed by atoms with Crippen LogP contribution in [-0.2, 0) is 4.74 Å². The number of methoxy groups -OCH3 is 1. The molecule has 0 bridgehead atoms. The maximum atomic E-state index is 6.21. The molecule has 0 saturated heterocycles. The Morgan fingerprint density at radius 2 is 1.94 bits per heavy atom. The van der Waals surface area contributed by atoms with Crippen LogP contribution in [0.2, 0.25) is 0 Å². The predicted octanol–water partition coefficient (Wildman–Crippen LogP) is 3.22. The first-order valence-corrected chi connectivity index (χ1v) is 7.27. The van der Waals surface area contributed by atoms with E-state index < -0.39 is 0 Å². The third-order valence-corrected chi connectivity index (χ3v) is 3.98. The average molecular weight is 261 g/mol. The molecule has 2 N–H and O–H groups in total. The molecule has 0 aliphatic heterocycles. The predicted molar refractivity (Wildman–Crippen MR) is 80.1 cm³/mol. The van der Waals surface area contributed by atoms with Crippen molar-refractivity contribution in [1.82, 2.24) is 0 Å². The second-order valence-corrected chi connectivity index (χ2v) is 5.43. The van der Waals surface area contributed by atoms with Crippen molar-refractivity contribution >= 4 is 22.5 Å². The molecule has 0 aliphatic carbocycles. The Morgan fingerprint density at radius 1 is 1.17 bits per heavy atom. The highest BCUT2D eigenvalue weighted by Gasteiger charge is 2.06. The van der Waals surface area contributed by atoms with Crippen LogP contribution < -0.4 is 5.73 Å². The smallest absolute Gasteiger partial charge is 0.0552 e. The van der Waals surface area contributed by atoms with Crippen LogP contribution in [0.1, 0.15) is 11.6 Å². The lowest BCUT2D eigenvalue weighted by molar-refractivity contribution is 0.218. The number of nitrogens with two attached hydrogens (primary N) is 1. The van der Waals surface area contributed by atoms with Crippen molar-refractivity contribution < 1.29 is 4.74 Å².